The fourth-order valence-electron chi connectivity index (χ4n) is 4.01. The maximum atomic E-state index is 13.3. The Morgan fingerprint density at radius 3 is 2.46 bits per heavy atom. The lowest BCUT2D eigenvalue weighted by Crippen LogP contribution is -2.13. The zero-order chi connectivity index (χ0) is 28.3. The van der Waals surface area contributed by atoms with Crippen molar-refractivity contribution in [1.82, 2.24) is 0 Å². The van der Waals surface area contributed by atoms with E-state index in [0.29, 0.717) is 33.8 Å². The van der Waals surface area contributed by atoms with Crippen molar-refractivity contribution in [2.45, 2.75) is 25.2 Å². The number of phenols is 1. The van der Waals surface area contributed by atoms with Crippen LogP contribution in [0.1, 0.15) is 29.8 Å². The number of nitrogens with zero attached hydrogens (tertiary/aromatic N) is 2. The Hall–Kier alpha value is -3.70. The lowest BCUT2D eigenvalue weighted by Gasteiger charge is -2.14. The number of amides is 1. The maximum Gasteiger partial charge on any atom is 0.294 e. The molecule has 0 bridgehead atoms. The molecule has 4 aromatic carbocycles. The first-order valence-corrected chi connectivity index (χ1v) is 13.9. The fraction of sp³-hybridized carbons (Fsp3) is 0.148. The lowest BCUT2D eigenvalue weighted by molar-refractivity contribution is 0.102. The second-order valence-corrected chi connectivity index (χ2v) is 10.5. The first-order valence-electron chi connectivity index (χ1n) is 11.7. The average molecular weight is 588 g/mol. The third kappa shape index (κ3) is 5.99. The number of rotatable bonds is 8. The van der Waals surface area contributed by atoms with Crippen molar-refractivity contribution in [2.24, 2.45) is 10.2 Å². The molecule has 1 amide bonds. The summed E-state index contributed by atoms with van der Waals surface area (Å²) in [5.41, 5.74) is 0.529. The van der Waals surface area contributed by atoms with E-state index in [4.69, 9.17) is 27.9 Å². The number of hydrogen-bond donors (Lipinski definition) is 3. The van der Waals surface area contributed by atoms with E-state index < -0.39 is 21.8 Å². The number of benzene rings is 4. The van der Waals surface area contributed by atoms with Crippen LogP contribution in [-0.4, -0.2) is 30.6 Å². The largest absolute Gasteiger partial charge is 0.505 e. The van der Waals surface area contributed by atoms with Gasteiger partial charge in [-0.3, -0.25) is 9.35 Å². The molecular weight excluding hydrogens is 565 g/mol. The summed E-state index contributed by atoms with van der Waals surface area (Å²) in [6.45, 7) is 3.84. The topological polar surface area (TPSA) is 138 Å². The smallest absolute Gasteiger partial charge is 0.294 e. The van der Waals surface area contributed by atoms with Gasteiger partial charge in [-0.25, -0.2) is 0 Å². The number of halogens is 2. The highest BCUT2D eigenvalue weighted by Crippen LogP contribution is 2.41. The van der Waals surface area contributed by atoms with Crippen LogP contribution in [0.15, 0.2) is 75.8 Å². The SMILES string of the molecule is CCOc1ccc(Cl)cc1NC(=O)c1cc2ccccc2c(N=Nc2ccc(S(=O)(=O)O)c(CC)c2Cl)c1O. The summed E-state index contributed by atoms with van der Waals surface area (Å²) in [5.74, 6) is -0.664. The number of ether oxygens (including phenoxy) is 1. The van der Waals surface area contributed by atoms with Crippen molar-refractivity contribution in [2.75, 3.05) is 11.9 Å². The van der Waals surface area contributed by atoms with Crippen LogP contribution >= 0.6 is 23.2 Å². The van der Waals surface area contributed by atoms with E-state index in [2.05, 4.69) is 15.5 Å². The first kappa shape index (κ1) is 28.3. The van der Waals surface area contributed by atoms with Crippen LogP contribution in [0.25, 0.3) is 10.8 Å². The van der Waals surface area contributed by atoms with Crippen LogP contribution < -0.4 is 10.1 Å². The van der Waals surface area contributed by atoms with E-state index in [1.54, 1.807) is 50.2 Å². The molecule has 0 aromatic heterocycles. The molecule has 39 heavy (non-hydrogen) atoms. The van der Waals surface area contributed by atoms with Gasteiger partial charge in [0.1, 0.15) is 17.1 Å². The third-order valence-electron chi connectivity index (χ3n) is 5.80. The van der Waals surface area contributed by atoms with Crippen LogP contribution in [0, 0.1) is 0 Å². The summed E-state index contributed by atoms with van der Waals surface area (Å²) in [5, 5.41) is 23.7. The molecule has 0 atom stereocenters. The Morgan fingerprint density at radius 2 is 1.77 bits per heavy atom. The second-order valence-electron chi connectivity index (χ2n) is 8.27. The van der Waals surface area contributed by atoms with E-state index in [-0.39, 0.29) is 38.8 Å². The average Bonchev–Trinajstić information content (AvgIpc) is 2.89. The van der Waals surface area contributed by atoms with Gasteiger partial charge < -0.3 is 15.2 Å². The predicted octanol–water partition coefficient (Wildman–Crippen LogP) is 7.73. The maximum absolute atomic E-state index is 13.3. The van der Waals surface area contributed by atoms with Gasteiger partial charge in [-0.1, -0.05) is 54.4 Å². The Balaban J connectivity index is 1.80. The van der Waals surface area contributed by atoms with E-state index in [1.165, 1.54) is 24.3 Å². The Kier molecular flexibility index (Phi) is 8.41. The monoisotopic (exact) mass is 587 g/mol. The molecule has 4 aromatic rings. The minimum absolute atomic E-state index is 0.00217. The number of phenolic OH excluding ortho intramolecular Hbond substituents is 1. The number of azo groups is 1. The van der Waals surface area contributed by atoms with Gasteiger partial charge in [-0.2, -0.15) is 8.42 Å². The van der Waals surface area contributed by atoms with Gasteiger partial charge in [0.15, 0.2) is 5.75 Å². The highest BCUT2D eigenvalue weighted by atomic mass is 35.5. The minimum Gasteiger partial charge on any atom is -0.505 e. The molecule has 0 heterocycles. The van der Waals surface area contributed by atoms with Crippen LogP contribution in [-0.2, 0) is 16.5 Å². The molecule has 0 saturated carbocycles. The number of hydrogen-bond acceptors (Lipinski definition) is 7. The Bertz CT molecular complexity index is 1720. The molecule has 0 unspecified atom stereocenters. The van der Waals surface area contributed by atoms with E-state index in [9.17, 15) is 22.9 Å². The molecular formula is C27H23Cl2N3O6S. The molecule has 0 spiro atoms. The van der Waals surface area contributed by atoms with Crippen molar-refractivity contribution in [3.63, 3.8) is 0 Å². The van der Waals surface area contributed by atoms with Crippen LogP contribution in [0.3, 0.4) is 0 Å². The van der Waals surface area contributed by atoms with Gasteiger partial charge in [-0.15, -0.1) is 10.2 Å². The van der Waals surface area contributed by atoms with Crippen LogP contribution in [0.4, 0.5) is 17.1 Å². The molecule has 0 saturated heterocycles. The van der Waals surface area contributed by atoms with Crippen molar-refractivity contribution in [1.29, 1.82) is 0 Å². The van der Waals surface area contributed by atoms with Gasteiger partial charge in [0, 0.05) is 10.4 Å². The van der Waals surface area contributed by atoms with Crippen LogP contribution in [0.2, 0.25) is 10.0 Å². The number of anilines is 1. The summed E-state index contributed by atoms with van der Waals surface area (Å²) in [4.78, 5) is 13.0. The lowest BCUT2D eigenvalue weighted by atomic mass is 10.0. The van der Waals surface area contributed by atoms with Crippen molar-refractivity contribution >= 4 is 67.1 Å². The summed E-state index contributed by atoms with van der Waals surface area (Å²) >= 11 is 12.5. The Labute approximate surface area is 234 Å². The molecule has 9 nitrogen and oxygen atoms in total. The number of fused-ring (bicyclic) bond motifs is 1. The van der Waals surface area contributed by atoms with Gasteiger partial charge in [0.25, 0.3) is 16.0 Å². The summed E-state index contributed by atoms with van der Waals surface area (Å²) in [6.07, 6.45) is 0.203. The van der Waals surface area contributed by atoms with E-state index in [0.717, 1.165) is 0 Å². The minimum atomic E-state index is -4.50. The predicted molar refractivity (Wildman–Crippen MR) is 151 cm³/mol. The highest BCUT2D eigenvalue weighted by Gasteiger charge is 2.22. The molecule has 0 radical (unpaired) electrons. The molecule has 4 rings (SSSR count). The standard InChI is InChI=1S/C27H23Cl2N3O6S/c1-3-17-23(39(35,36)37)12-10-20(24(17)29)31-32-25-18-8-6-5-7-15(18)13-19(26(25)33)27(34)30-21-14-16(28)9-11-22(21)38-4-2/h5-14,33H,3-4H2,1-2H3,(H,30,34)(H,35,36,37). The first-order chi connectivity index (χ1) is 18.5. The zero-order valence-corrected chi connectivity index (χ0v) is 23.1. The van der Waals surface area contributed by atoms with E-state index >= 15 is 0 Å². The molecule has 0 aliphatic carbocycles. The quantitative estimate of drug-likeness (QED) is 0.142. The second kappa shape index (κ2) is 11.6. The molecule has 0 fully saturated rings. The zero-order valence-electron chi connectivity index (χ0n) is 20.8. The Morgan fingerprint density at radius 1 is 1.03 bits per heavy atom. The molecule has 0 aliphatic heterocycles. The third-order valence-corrected chi connectivity index (χ3v) is 7.39. The van der Waals surface area contributed by atoms with Gasteiger partial charge in [-0.05, 0) is 60.7 Å². The molecule has 0 aliphatic rings. The van der Waals surface area contributed by atoms with Crippen molar-refractivity contribution in [3.8, 4) is 11.5 Å². The summed E-state index contributed by atoms with van der Waals surface area (Å²) in [6, 6.07) is 15.7. The summed E-state index contributed by atoms with van der Waals surface area (Å²) in [7, 11) is -4.50. The highest BCUT2D eigenvalue weighted by molar-refractivity contribution is 7.85. The summed E-state index contributed by atoms with van der Waals surface area (Å²) < 4.78 is 38.5. The number of carbonyl (C=O) groups excluding carboxylic acids is 1. The molecule has 202 valence electrons. The van der Waals surface area contributed by atoms with E-state index in [1.807, 2.05) is 0 Å². The fourth-order valence-corrected chi connectivity index (χ4v) is 5.37. The van der Waals surface area contributed by atoms with Crippen LogP contribution in [0.5, 0.6) is 11.5 Å². The number of nitrogens with one attached hydrogen (secondary N) is 1. The number of aromatic hydroxyl groups is 1. The normalized spacial score (nSPS) is 11.7. The molecule has 12 heteroatoms. The van der Waals surface area contributed by atoms with Crippen molar-refractivity contribution in [3.05, 3.63) is 81.8 Å². The van der Waals surface area contributed by atoms with Gasteiger partial charge in [0.2, 0.25) is 0 Å². The molecule has 3 N–H and O–H groups in total. The van der Waals surface area contributed by atoms with Gasteiger partial charge >= 0.3 is 0 Å². The number of carbonyl (C=O) groups is 1. The van der Waals surface area contributed by atoms with Gasteiger partial charge in [0.05, 0.1) is 27.8 Å². The van der Waals surface area contributed by atoms with Crippen molar-refractivity contribution < 1.29 is 27.6 Å².